The Morgan fingerprint density at radius 2 is 1.81 bits per heavy atom. The van der Waals surface area contributed by atoms with Crippen molar-refractivity contribution in [2.75, 3.05) is 13.7 Å². The second-order valence-corrected chi connectivity index (χ2v) is 6.42. The van der Waals surface area contributed by atoms with Gasteiger partial charge in [-0.2, -0.15) is 8.78 Å². The SMILES string of the molecule is COC(=O)[C@H](CCCCNC(=O)C(F)(F)C(O)[C@@H](N)C(C)C)NC(C)=O. The van der Waals surface area contributed by atoms with E-state index < -0.39 is 47.8 Å². The van der Waals surface area contributed by atoms with E-state index in [1.807, 2.05) is 5.32 Å². The largest absolute Gasteiger partial charge is 0.467 e. The van der Waals surface area contributed by atoms with Gasteiger partial charge in [-0.25, -0.2) is 4.79 Å². The van der Waals surface area contributed by atoms with Crippen LogP contribution in [0.15, 0.2) is 0 Å². The van der Waals surface area contributed by atoms with Gasteiger partial charge in [-0.15, -0.1) is 0 Å². The zero-order chi connectivity index (χ0) is 20.5. The first-order valence-corrected chi connectivity index (χ1v) is 8.39. The molecule has 0 heterocycles. The van der Waals surface area contributed by atoms with Crippen molar-refractivity contribution in [1.82, 2.24) is 10.6 Å². The van der Waals surface area contributed by atoms with Crippen LogP contribution in [0.4, 0.5) is 8.78 Å². The third-order valence-corrected chi connectivity index (χ3v) is 3.88. The predicted molar refractivity (Wildman–Crippen MR) is 90.2 cm³/mol. The van der Waals surface area contributed by atoms with Gasteiger partial charge < -0.3 is 26.2 Å². The molecule has 0 aromatic carbocycles. The molecular formula is C16H29F2N3O5. The molecule has 0 saturated heterocycles. The maximum Gasteiger partial charge on any atom is 0.351 e. The summed E-state index contributed by atoms with van der Waals surface area (Å²) in [4.78, 5) is 34.2. The van der Waals surface area contributed by atoms with Crippen LogP contribution in [0.5, 0.6) is 0 Å². The van der Waals surface area contributed by atoms with E-state index in [9.17, 15) is 28.3 Å². The van der Waals surface area contributed by atoms with E-state index in [4.69, 9.17) is 5.73 Å². The van der Waals surface area contributed by atoms with Gasteiger partial charge in [-0.05, 0) is 25.2 Å². The Labute approximate surface area is 151 Å². The summed E-state index contributed by atoms with van der Waals surface area (Å²) in [7, 11) is 1.19. The topological polar surface area (TPSA) is 131 Å². The van der Waals surface area contributed by atoms with Crippen molar-refractivity contribution in [2.24, 2.45) is 11.7 Å². The molecule has 0 fully saturated rings. The highest BCUT2D eigenvalue weighted by atomic mass is 19.3. The lowest BCUT2D eigenvalue weighted by Gasteiger charge is -2.28. The van der Waals surface area contributed by atoms with Gasteiger partial charge in [0.1, 0.15) is 12.1 Å². The van der Waals surface area contributed by atoms with Gasteiger partial charge in [0.25, 0.3) is 5.91 Å². The van der Waals surface area contributed by atoms with E-state index in [1.165, 1.54) is 14.0 Å². The number of carbonyl (C=O) groups is 3. The molecule has 0 aliphatic rings. The molecule has 0 aromatic rings. The fraction of sp³-hybridized carbons (Fsp3) is 0.812. The Balaban J connectivity index is 4.39. The molecule has 0 saturated carbocycles. The number of nitrogens with two attached hydrogens (primary N) is 1. The number of methoxy groups -OCH3 is 1. The minimum atomic E-state index is -4.01. The monoisotopic (exact) mass is 381 g/mol. The summed E-state index contributed by atoms with van der Waals surface area (Å²) in [5.41, 5.74) is 5.49. The predicted octanol–water partition coefficient (Wildman–Crippen LogP) is -0.0699. The van der Waals surface area contributed by atoms with E-state index >= 15 is 0 Å². The lowest BCUT2D eigenvalue weighted by Crippen LogP contribution is -2.56. The molecule has 26 heavy (non-hydrogen) atoms. The van der Waals surface area contributed by atoms with E-state index in [1.54, 1.807) is 13.8 Å². The number of carbonyl (C=O) groups excluding carboxylic acids is 3. The molecule has 0 aliphatic heterocycles. The van der Waals surface area contributed by atoms with E-state index in [2.05, 4.69) is 10.1 Å². The molecular weight excluding hydrogens is 352 g/mol. The highest BCUT2D eigenvalue weighted by molar-refractivity contribution is 5.84. The number of hydrogen-bond donors (Lipinski definition) is 4. The average molecular weight is 381 g/mol. The first-order chi connectivity index (χ1) is 11.9. The fourth-order valence-corrected chi connectivity index (χ4v) is 2.17. The van der Waals surface area contributed by atoms with Gasteiger partial charge in [0.05, 0.1) is 7.11 Å². The number of aliphatic hydroxyl groups is 1. The molecule has 1 unspecified atom stereocenters. The number of amides is 2. The Morgan fingerprint density at radius 3 is 2.27 bits per heavy atom. The highest BCUT2D eigenvalue weighted by Crippen LogP contribution is 2.23. The van der Waals surface area contributed by atoms with Gasteiger partial charge >= 0.3 is 11.9 Å². The first-order valence-electron chi connectivity index (χ1n) is 8.39. The normalized spacial score (nSPS) is 15.1. The molecule has 8 nitrogen and oxygen atoms in total. The van der Waals surface area contributed by atoms with Crippen LogP contribution >= 0.6 is 0 Å². The number of ether oxygens (including phenoxy) is 1. The second-order valence-electron chi connectivity index (χ2n) is 6.42. The van der Waals surface area contributed by atoms with Crippen LogP contribution in [0.3, 0.4) is 0 Å². The Bertz CT molecular complexity index is 489. The molecule has 2 amide bonds. The number of alkyl halides is 2. The van der Waals surface area contributed by atoms with Crippen LogP contribution in [-0.2, 0) is 19.1 Å². The molecule has 10 heteroatoms. The third-order valence-electron chi connectivity index (χ3n) is 3.88. The fourth-order valence-electron chi connectivity index (χ4n) is 2.17. The van der Waals surface area contributed by atoms with Crippen molar-refractivity contribution in [3.05, 3.63) is 0 Å². The van der Waals surface area contributed by atoms with Crippen molar-refractivity contribution in [2.45, 2.75) is 64.1 Å². The lowest BCUT2D eigenvalue weighted by atomic mass is 9.95. The van der Waals surface area contributed by atoms with Crippen LogP contribution in [0.25, 0.3) is 0 Å². The minimum Gasteiger partial charge on any atom is -0.467 e. The summed E-state index contributed by atoms with van der Waals surface area (Å²) in [5.74, 6) is -7.04. The van der Waals surface area contributed by atoms with E-state index in [-0.39, 0.29) is 13.0 Å². The summed E-state index contributed by atoms with van der Waals surface area (Å²) < 4.78 is 32.4. The first kappa shape index (κ1) is 24.2. The van der Waals surface area contributed by atoms with Crippen LogP contribution in [0.2, 0.25) is 0 Å². The summed E-state index contributed by atoms with van der Waals surface area (Å²) >= 11 is 0. The molecule has 0 bridgehead atoms. The zero-order valence-corrected chi connectivity index (χ0v) is 15.6. The number of unbranched alkanes of at least 4 members (excludes halogenated alkanes) is 1. The van der Waals surface area contributed by atoms with Crippen LogP contribution < -0.4 is 16.4 Å². The van der Waals surface area contributed by atoms with Crippen molar-refractivity contribution in [3.8, 4) is 0 Å². The van der Waals surface area contributed by atoms with E-state index in [0.717, 1.165) is 0 Å². The number of hydrogen-bond acceptors (Lipinski definition) is 6. The van der Waals surface area contributed by atoms with Crippen LogP contribution in [0.1, 0.15) is 40.0 Å². The molecule has 152 valence electrons. The van der Waals surface area contributed by atoms with Crippen molar-refractivity contribution in [3.63, 3.8) is 0 Å². The number of rotatable bonds is 11. The number of nitrogens with one attached hydrogen (secondary N) is 2. The summed E-state index contributed by atoms with van der Waals surface area (Å²) in [5, 5.41) is 14.1. The number of esters is 1. The highest BCUT2D eigenvalue weighted by Gasteiger charge is 2.49. The summed E-state index contributed by atoms with van der Waals surface area (Å²) in [6.07, 6.45) is -1.38. The molecule has 0 aliphatic carbocycles. The molecule has 0 radical (unpaired) electrons. The lowest BCUT2D eigenvalue weighted by molar-refractivity contribution is -0.167. The summed E-state index contributed by atoms with van der Waals surface area (Å²) in [6.45, 7) is 4.31. The molecule has 0 aromatic heterocycles. The molecule has 0 rings (SSSR count). The third kappa shape index (κ3) is 7.61. The Kier molecular flexibility index (Phi) is 10.3. The van der Waals surface area contributed by atoms with Crippen LogP contribution in [-0.4, -0.2) is 60.7 Å². The van der Waals surface area contributed by atoms with Gasteiger partial charge in [-0.3, -0.25) is 9.59 Å². The van der Waals surface area contributed by atoms with Crippen molar-refractivity contribution < 1.29 is 33.0 Å². The zero-order valence-electron chi connectivity index (χ0n) is 15.6. The maximum absolute atomic E-state index is 13.9. The van der Waals surface area contributed by atoms with E-state index in [0.29, 0.717) is 12.8 Å². The number of aliphatic hydroxyl groups excluding tert-OH is 1. The molecule has 5 N–H and O–H groups in total. The smallest absolute Gasteiger partial charge is 0.351 e. The van der Waals surface area contributed by atoms with Gasteiger partial charge in [0.2, 0.25) is 5.91 Å². The summed E-state index contributed by atoms with van der Waals surface area (Å²) in [6, 6.07) is -2.07. The quantitative estimate of drug-likeness (QED) is 0.293. The standard InChI is InChI=1S/C16H29F2N3O5/c1-9(2)12(19)13(23)16(17,18)15(25)20-8-6-5-7-11(14(24)26-4)21-10(3)22/h9,11-13,23H,5-8,19H2,1-4H3,(H,20,25)(H,21,22)/t11-,12-,13?/m0/s1. The van der Waals surface area contributed by atoms with Crippen molar-refractivity contribution >= 4 is 17.8 Å². The Morgan fingerprint density at radius 1 is 1.23 bits per heavy atom. The van der Waals surface area contributed by atoms with Gasteiger partial charge in [-0.1, -0.05) is 13.8 Å². The van der Waals surface area contributed by atoms with Gasteiger partial charge in [0.15, 0.2) is 0 Å². The van der Waals surface area contributed by atoms with Gasteiger partial charge in [0, 0.05) is 19.5 Å². The minimum absolute atomic E-state index is 0.0774. The second kappa shape index (κ2) is 11.0. The van der Waals surface area contributed by atoms with Crippen molar-refractivity contribution in [1.29, 1.82) is 0 Å². The molecule has 0 spiro atoms. The maximum atomic E-state index is 13.9. The number of halogens is 2. The Hall–Kier alpha value is -1.81. The molecule has 3 atom stereocenters. The van der Waals surface area contributed by atoms with Crippen LogP contribution in [0, 0.1) is 5.92 Å². The average Bonchev–Trinajstić information content (AvgIpc) is 2.57.